The van der Waals surface area contributed by atoms with Crippen molar-refractivity contribution in [3.05, 3.63) is 0 Å². The highest BCUT2D eigenvalue weighted by Crippen LogP contribution is 2.16. The van der Waals surface area contributed by atoms with Crippen molar-refractivity contribution >= 4 is 11.9 Å². The van der Waals surface area contributed by atoms with Gasteiger partial charge in [0.2, 0.25) is 5.91 Å². The Morgan fingerprint density at radius 2 is 1.76 bits per heavy atom. The minimum absolute atomic E-state index is 0.0391. The summed E-state index contributed by atoms with van der Waals surface area (Å²) in [7, 11) is 0. The number of amides is 1. The fraction of sp³-hybridized carbons (Fsp3) is 0.833. The molecule has 5 heteroatoms. The zero-order valence-corrected chi connectivity index (χ0v) is 11.4. The molecule has 3 N–H and O–H groups in total. The molecule has 5 nitrogen and oxygen atoms in total. The predicted molar refractivity (Wildman–Crippen MR) is 66.5 cm³/mol. The van der Waals surface area contributed by atoms with Crippen molar-refractivity contribution in [2.45, 2.75) is 52.6 Å². The molecule has 0 aliphatic heterocycles. The van der Waals surface area contributed by atoms with Crippen LogP contribution in [0, 0.1) is 5.92 Å². The number of carboxylic acid groups (broad SMARTS) is 1. The number of hydrogen-bond donors (Lipinski definition) is 2. The first-order valence-corrected chi connectivity index (χ1v) is 5.86. The van der Waals surface area contributed by atoms with Gasteiger partial charge in [-0.05, 0) is 26.7 Å². The lowest BCUT2D eigenvalue weighted by Crippen LogP contribution is -2.54. The molecule has 1 unspecified atom stereocenters. The largest absolute Gasteiger partial charge is 0.481 e. The Balaban J connectivity index is 4.81. The van der Waals surface area contributed by atoms with E-state index in [2.05, 4.69) is 0 Å². The van der Waals surface area contributed by atoms with Crippen LogP contribution in [0.5, 0.6) is 0 Å². The summed E-state index contributed by atoms with van der Waals surface area (Å²) in [6.07, 6.45) is -0.0617. The lowest BCUT2D eigenvalue weighted by Gasteiger charge is -2.37. The van der Waals surface area contributed by atoms with Crippen LogP contribution in [-0.4, -0.2) is 40.0 Å². The van der Waals surface area contributed by atoms with E-state index in [-0.39, 0.29) is 24.8 Å². The molecule has 0 heterocycles. The third-order valence-electron chi connectivity index (χ3n) is 2.63. The second-order valence-electron chi connectivity index (χ2n) is 5.57. The summed E-state index contributed by atoms with van der Waals surface area (Å²) in [5.74, 6) is -1.06. The van der Waals surface area contributed by atoms with E-state index in [1.54, 1.807) is 4.90 Å². The van der Waals surface area contributed by atoms with Crippen molar-refractivity contribution in [2.75, 3.05) is 6.54 Å². The second-order valence-corrected chi connectivity index (χ2v) is 5.57. The highest BCUT2D eigenvalue weighted by molar-refractivity contribution is 5.83. The smallest absolute Gasteiger partial charge is 0.305 e. The Morgan fingerprint density at radius 1 is 1.29 bits per heavy atom. The number of rotatable bonds is 5. The first-order chi connectivity index (χ1) is 7.57. The zero-order valence-electron chi connectivity index (χ0n) is 11.4. The summed E-state index contributed by atoms with van der Waals surface area (Å²) in [6.45, 7) is 9.57. The van der Waals surface area contributed by atoms with Crippen LogP contribution in [0.3, 0.4) is 0 Å². The lowest BCUT2D eigenvalue weighted by atomic mass is 9.99. The number of nitrogens with zero attached hydrogens (tertiary/aromatic N) is 1. The van der Waals surface area contributed by atoms with E-state index in [0.29, 0.717) is 0 Å². The lowest BCUT2D eigenvalue weighted by molar-refractivity contribution is -0.141. The molecule has 0 spiro atoms. The van der Waals surface area contributed by atoms with Gasteiger partial charge >= 0.3 is 5.97 Å². The average Bonchev–Trinajstić information content (AvgIpc) is 2.13. The second kappa shape index (κ2) is 6.00. The molecule has 0 aromatic rings. The summed E-state index contributed by atoms with van der Waals surface area (Å²) in [5.41, 5.74) is 5.41. The summed E-state index contributed by atoms with van der Waals surface area (Å²) >= 11 is 0. The maximum absolute atomic E-state index is 12.2. The molecule has 100 valence electrons. The maximum Gasteiger partial charge on any atom is 0.305 e. The topological polar surface area (TPSA) is 83.6 Å². The van der Waals surface area contributed by atoms with Gasteiger partial charge in [0.25, 0.3) is 0 Å². The molecule has 0 saturated heterocycles. The molecule has 0 aliphatic carbocycles. The SMILES string of the molecule is CC(C)C(N)C(=O)N(CCC(=O)O)C(C)(C)C. The van der Waals surface area contributed by atoms with Gasteiger partial charge in [-0.1, -0.05) is 13.8 Å². The van der Waals surface area contributed by atoms with Gasteiger partial charge in [-0.3, -0.25) is 9.59 Å². The number of hydrogen-bond acceptors (Lipinski definition) is 3. The van der Waals surface area contributed by atoms with Gasteiger partial charge in [-0.2, -0.15) is 0 Å². The Bertz CT molecular complexity index is 282. The molecule has 0 bridgehead atoms. The monoisotopic (exact) mass is 244 g/mol. The van der Waals surface area contributed by atoms with E-state index < -0.39 is 17.6 Å². The van der Waals surface area contributed by atoms with Gasteiger partial charge in [-0.25, -0.2) is 0 Å². The molecule has 1 atom stereocenters. The summed E-state index contributed by atoms with van der Waals surface area (Å²) in [6, 6.07) is -0.581. The van der Waals surface area contributed by atoms with Gasteiger partial charge in [0.05, 0.1) is 12.5 Å². The van der Waals surface area contributed by atoms with E-state index in [1.807, 2.05) is 34.6 Å². The van der Waals surface area contributed by atoms with Crippen molar-refractivity contribution in [3.8, 4) is 0 Å². The van der Waals surface area contributed by atoms with Crippen LogP contribution < -0.4 is 5.73 Å². The van der Waals surface area contributed by atoms with Crippen LogP contribution >= 0.6 is 0 Å². The highest BCUT2D eigenvalue weighted by atomic mass is 16.4. The van der Waals surface area contributed by atoms with Crippen LogP contribution in [0.1, 0.15) is 41.0 Å². The van der Waals surface area contributed by atoms with Gasteiger partial charge in [0.15, 0.2) is 0 Å². The van der Waals surface area contributed by atoms with Crippen molar-refractivity contribution in [2.24, 2.45) is 11.7 Å². The van der Waals surface area contributed by atoms with Gasteiger partial charge < -0.3 is 15.7 Å². The first-order valence-electron chi connectivity index (χ1n) is 5.86. The number of carbonyl (C=O) groups excluding carboxylic acids is 1. The van der Waals surface area contributed by atoms with Crippen molar-refractivity contribution in [1.82, 2.24) is 4.90 Å². The zero-order chi connectivity index (χ0) is 13.8. The summed E-state index contributed by atoms with van der Waals surface area (Å²) in [5, 5.41) is 8.69. The molecule has 0 aromatic carbocycles. The third-order valence-corrected chi connectivity index (χ3v) is 2.63. The van der Waals surface area contributed by atoms with Crippen molar-refractivity contribution in [3.63, 3.8) is 0 Å². The van der Waals surface area contributed by atoms with E-state index in [1.165, 1.54) is 0 Å². The molecule has 0 radical (unpaired) electrons. The van der Waals surface area contributed by atoms with Crippen molar-refractivity contribution < 1.29 is 14.7 Å². The molecule has 17 heavy (non-hydrogen) atoms. The molecule has 0 saturated carbocycles. The predicted octanol–water partition coefficient (Wildman–Crippen LogP) is 1.07. The molecule has 1 amide bonds. The van der Waals surface area contributed by atoms with Crippen LogP contribution in [0.4, 0.5) is 0 Å². The molecule has 0 fully saturated rings. The fourth-order valence-electron chi connectivity index (χ4n) is 1.45. The molecule has 0 aromatic heterocycles. The first kappa shape index (κ1) is 15.9. The Morgan fingerprint density at radius 3 is 2.06 bits per heavy atom. The standard InChI is InChI=1S/C12H24N2O3/c1-8(2)10(13)11(17)14(12(3,4)5)7-6-9(15)16/h8,10H,6-7,13H2,1-5H3,(H,15,16). The van der Waals surface area contributed by atoms with E-state index in [9.17, 15) is 9.59 Å². The Kier molecular flexibility index (Phi) is 5.61. The highest BCUT2D eigenvalue weighted by Gasteiger charge is 2.31. The van der Waals surface area contributed by atoms with Crippen LogP contribution in [-0.2, 0) is 9.59 Å². The van der Waals surface area contributed by atoms with E-state index >= 15 is 0 Å². The van der Waals surface area contributed by atoms with E-state index in [0.717, 1.165) is 0 Å². The molecule has 0 aliphatic rings. The van der Waals surface area contributed by atoms with Crippen LogP contribution in [0.25, 0.3) is 0 Å². The number of aliphatic carboxylic acids is 1. The van der Waals surface area contributed by atoms with E-state index in [4.69, 9.17) is 10.8 Å². The van der Waals surface area contributed by atoms with Gasteiger partial charge in [-0.15, -0.1) is 0 Å². The molecular weight excluding hydrogens is 220 g/mol. The summed E-state index contributed by atoms with van der Waals surface area (Å²) in [4.78, 5) is 24.3. The normalized spacial score (nSPS) is 13.6. The Hall–Kier alpha value is -1.10. The number of nitrogens with two attached hydrogens (primary N) is 1. The minimum atomic E-state index is -0.912. The van der Waals surface area contributed by atoms with Gasteiger partial charge in [0, 0.05) is 12.1 Å². The average molecular weight is 244 g/mol. The van der Waals surface area contributed by atoms with Crippen LogP contribution in [0.15, 0.2) is 0 Å². The maximum atomic E-state index is 12.2. The molecule has 0 rings (SSSR count). The van der Waals surface area contributed by atoms with Gasteiger partial charge in [0.1, 0.15) is 0 Å². The number of carboxylic acids is 1. The summed E-state index contributed by atoms with van der Waals surface area (Å²) < 4.78 is 0. The van der Waals surface area contributed by atoms with Crippen molar-refractivity contribution in [1.29, 1.82) is 0 Å². The van der Waals surface area contributed by atoms with Crippen LogP contribution in [0.2, 0.25) is 0 Å². The Labute approximate surface area is 103 Å². The molecular formula is C12H24N2O3. The third kappa shape index (κ3) is 5.17. The quantitative estimate of drug-likeness (QED) is 0.757. The fourth-order valence-corrected chi connectivity index (χ4v) is 1.45. The minimum Gasteiger partial charge on any atom is -0.481 e. The number of carbonyl (C=O) groups is 2.